The second kappa shape index (κ2) is 6.97. The van der Waals surface area contributed by atoms with E-state index in [0.717, 1.165) is 11.4 Å². The lowest BCUT2D eigenvalue weighted by molar-refractivity contribution is -0.107. The molecule has 0 bridgehead atoms. The van der Waals surface area contributed by atoms with Crippen molar-refractivity contribution < 1.29 is 4.79 Å². The molecule has 7 heteroatoms. The van der Waals surface area contributed by atoms with Crippen molar-refractivity contribution in [3.05, 3.63) is 52.4 Å². The first-order valence-corrected chi connectivity index (χ1v) is 6.74. The van der Waals surface area contributed by atoms with E-state index in [9.17, 15) is 9.59 Å². The number of benzene rings is 1. The number of nitrogens with zero attached hydrogens (tertiary/aromatic N) is 2. The Morgan fingerprint density at radius 3 is 2.00 bits per heavy atom. The van der Waals surface area contributed by atoms with Crippen molar-refractivity contribution in [2.45, 2.75) is 10.7 Å². The van der Waals surface area contributed by atoms with Gasteiger partial charge in [-0.15, -0.1) is 0 Å². The summed E-state index contributed by atoms with van der Waals surface area (Å²) in [4.78, 5) is 21.0. The van der Waals surface area contributed by atoms with Crippen molar-refractivity contribution in [3.63, 3.8) is 0 Å². The fourth-order valence-corrected chi connectivity index (χ4v) is 1.51. The number of aryl methyl sites for hydroxylation is 1. The molecular weight excluding hydrogens is 323 g/mol. The zero-order valence-corrected chi connectivity index (χ0v) is 13.2. The summed E-state index contributed by atoms with van der Waals surface area (Å²) in [5.41, 5.74) is 1.86. The first kappa shape index (κ1) is 16.8. The molecule has 0 saturated heterocycles. The van der Waals surface area contributed by atoms with Gasteiger partial charge in [0.2, 0.25) is 3.79 Å². The molecule has 0 amide bonds. The second-order valence-electron chi connectivity index (χ2n) is 3.95. The summed E-state index contributed by atoms with van der Waals surface area (Å²) >= 11 is 14.6. The summed E-state index contributed by atoms with van der Waals surface area (Å²) in [6, 6.07) is 11.2. The second-order valence-corrected chi connectivity index (χ2v) is 6.32. The summed E-state index contributed by atoms with van der Waals surface area (Å²) in [5, 5.41) is 0. The number of hydrogen-bond donors (Lipinski definition) is 0. The van der Waals surface area contributed by atoms with Gasteiger partial charge in [-0.05, 0) is 19.1 Å². The molecule has 1 aromatic carbocycles. The molecule has 0 spiro atoms. The van der Waals surface area contributed by atoms with E-state index in [-0.39, 0.29) is 11.8 Å². The summed E-state index contributed by atoms with van der Waals surface area (Å²) in [5.74, 6) is 0. The predicted octanol–water partition coefficient (Wildman–Crippen LogP) is 3.04. The maximum atomic E-state index is 11.6. The van der Waals surface area contributed by atoms with Crippen LogP contribution in [0.15, 0.2) is 41.2 Å². The quantitative estimate of drug-likeness (QED) is 0.594. The zero-order chi connectivity index (χ0) is 15.3. The Labute approximate surface area is 131 Å². The van der Waals surface area contributed by atoms with Gasteiger partial charge in [-0.25, -0.2) is 4.68 Å². The Morgan fingerprint density at radius 1 is 1.15 bits per heavy atom. The highest BCUT2D eigenvalue weighted by Crippen LogP contribution is 2.21. The van der Waals surface area contributed by atoms with Gasteiger partial charge < -0.3 is 0 Å². The van der Waals surface area contributed by atoms with Crippen LogP contribution in [0.25, 0.3) is 5.69 Å². The van der Waals surface area contributed by atoms with Crippen molar-refractivity contribution >= 4 is 41.1 Å². The van der Waals surface area contributed by atoms with Gasteiger partial charge in [0.1, 0.15) is 0 Å². The predicted molar refractivity (Wildman–Crippen MR) is 82.1 cm³/mol. The number of carbonyl (C=O) groups is 1. The molecule has 108 valence electrons. The number of aldehydes is 1. The fourth-order valence-electron chi connectivity index (χ4n) is 1.51. The Balaban J connectivity index is 0.000000286. The Morgan fingerprint density at radius 2 is 1.65 bits per heavy atom. The van der Waals surface area contributed by atoms with Gasteiger partial charge in [0.15, 0.2) is 6.29 Å². The third-order valence-electron chi connectivity index (χ3n) is 2.49. The molecule has 4 nitrogen and oxygen atoms in total. The molecule has 0 aliphatic heterocycles. The van der Waals surface area contributed by atoms with Crippen molar-refractivity contribution in [2.75, 3.05) is 0 Å². The lowest BCUT2D eigenvalue weighted by Crippen LogP contribution is -2.18. The van der Waals surface area contributed by atoms with Crippen molar-refractivity contribution in [1.29, 1.82) is 0 Å². The average Bonchev–Trinajstić information content (AvgIpc) is 2.64. The Bertz CT molecular complexity index is 627. The van der Waals surface area contributed by atoms with E-state index in [4.69, 9.17) is 34.8 Å². The van der Waals surface area contributed by atoms with E-state index >= 15 is 0 Å². The van der Waals surface area contributed by atoms with E-state index in [2.05, 4.69) is 0 Å². The molecular formula is C13H13Cl3N2O2. The number of para-hydroxylation sites is 1. The number of alkyl halides is 3. The topological polar surface area (TPSA) is 44.0 Å². The zero-order valence-electron chi connectivity index (χ0n) is 10.9. The van der Waals surface area contributed by atoms with Gasteiger partial charge in [-0.3, -0.25) is 14.3 Å². The van der Waals surface area contributed by atoms with E-state index in [1.54, 1.807) is 10.7 Å². The van der Waals surface area contributed by atoms with Gasteiger partial charge in [-0.1, -0.05) is 53.0 Å². The van der Waals surface area contributed by atoms with Crippen LogP contribution in [0.1, 0.15) is 5.69 Å². The van der Waals surface area contributed by atoms with Crippen LogP contribution in [-0.4, -0.2) is 19.4 Å². The van der Waals surface area contributed by atoms with E-state index in [1.807, 2.05) is 49.0 Å². The number of hydrogen-bond acceptors (Lipinski definition) is 2. The molecule has 2 rings (SSSR count). The molecule has 0 aliphatic rings. The minimum Gasteiger partial charge on any atom is -0.299 e. The highest BCUT2D eigenvalue weighted by molar-refractivity contribution is 6.74. The molecule has 20 heavy (non-hydrogen) atoms. The lowest BCUT2D eigenvalue weighted by atomic mass is 10.3. The van der Waals surface area contributed by atoms with Crippen LogP contribution in [-0.2, 0) is 11.8 Å². The highest BCUT2D eigenvalue weighted by Gasteiger charge is 2.16. The number of aromatic nitrogens is 2. The van der Waals surface area contributed by atoms with Crippen molar-refractivity contribution in [3.8, 4) is 5.69 Å². The summed E-state index contributed by atoms with van der Waals surface area (Å²) in [6.07, 6.45) is 0.234. The van der Waals surface area contributed by atoms with E-state index < -0.39 is 3.79 Å². The number of carbonyl (C=O) groups excluding carboxylic acids is 1. The van der Waals surface area contributed by atoms with Crippen LogP contribution in [0.4, 0.5) is 0 Å². The van der Waals surface area contributed by atoms with Crippen LogP contribution in [0.2, 0.25) is 0 Å². The molecule has 1 heterocycles. The standard InChI is InChI=1S/C11H12N2O.C2HCl3O/c1-9-8-11(14)13(12(9)2)10-6-4-3-5-7-10;3-2(4,5)1-6/h3-8H,1-2H3;1H. The van der Waals surface area contributed by atoms with Gasteiger partial charge >= 0.3 is 0 Å². The molecule has 0 aliphatic carbocycles. The SMILES string of the molecule is Cc1cc(=O)n(-c2ccccc2)n1C.O=CC(Cl)(Cl)Cl. The van der Waals surface area contributed by atoms with E-state index in [0.29, 0.717) is 0 Å². The van der Waals surface area contributed by atoms with Crippen LogP contribution in [0.5, 0.6) is 0 Å². The molecule has 0 radical (unpaired) electrons. The summed E-state index contributed by atoms with van der Waals surface area (Å²) < 4.78 is 1.77. The largest absolute Gasteiger partial charge is 0.299 e. The van der Waals surface area contributed by atoms with Crippen LogP contribution in [0, 0.1) is 6.92 Å². The first-order chi connectivity index (χ1) is 9.26. The first-order valence-electron chi connectivity index (χ1n) is 5.60. The number of halogens is 3. The van der Waals surface area contributed by atoms with Gasteiger partial charge in [0.25, 0.3) is 5.56 Å². The third-order valence-corrected chi connectivity index (χ3v) is 2.75. The summed E-state index contributed by atoms with van der Waals surface area (Å²) in [7, 11) is 1.88. The highest BCUT2D eigenvalue weighted by atomic mass is 35.6. The van der Waals surface area contributed by atoms with Gasteiger partial charge in [0.05, 0.1) is 5.69 Å². The summed E-state index contributed by atoms with van der Waals surface area (Å²) in [6.45, 7) is 1.92. The molecule has 0 atom stereocenters. The van der Waals surface area contributed by atoms with Crippen molar-refractivity contribution in [1.82, 2.24) is 9.36 Å². The fraction of sp³-hybridized carbons (Fsp3) is 0.231. The smallest absolute Gasteiger partial charge is 0.271 e. The number of rotatable bonds is 1. The molecule has 0 fully saturated rings. The molecule has 0 unspecified atom stereocenters. The Hall–Kier alpha value is -1.23. The average molecular weight is 336 g/mol. The maximum Gasteiger partial charge on any atom is 0.271 e. The molecule has 2 aromatic rings. The molecule has 0 N–H and O–H groups in total. The molecule has 1 aromatic heterocycles. The normalized spacial score (nSPS) is 10.7. The van der Waals surface area contributed by atoms with Crippen LogP contribution < -0.4 is 5.56 Å². The monoisotopic (exact) mass is 334 g/mol. The van der Waals surface area contributed by atoms with E-state index in [1.165, 1.54) is 0 Å². The van der Waals surface area contributed by atoms with Crippen LogP contribution >= 0.6 is 34.8 Å². The Kier molecular flexibility index (Phi) is 5.87. The van der Waals surface area contributed by atoms with Crippen LogP contribution in [0.3, 0.4) is 0 Å². The van der Waals surface area contributed by atoms with Gasteiger partial charge in [0, 0.05) is 18.8 Å². The van der Waals surface area contributed by atoms with Crippen molar-refractivity contribution in [2.24, 2.45) is 7.05 Å². The third kappa shape index (κ3) is 4.71. The lowest BCUT2D eigenvalue weighted by Gasteiger charge is -2.07. The molecule has 0 saturated carbocycles. The minimum absolute atomic E-state index is 0.0104. The van der Waals surface area contributed by atoms with Gasteiger partial charge in [-0.2, -0.15) is 0 Å². The maximum absolute atomic E-state index is 11.6. The minimum atomic E-state index is -1.72.